The summed E-state index contributed by atoms with van der Waals surface area (Å²) in [6, 6.07) is 10.4. The summed E-state index contributed by atoms with van der Waals surface area (Å²) in [6.45, 7) is 1.78. The number of hydrogen-bond acceptors (Lipinski definition) is 4. The number of rotatable bonds is 4. The third-order valence-corrected chi connectivity index (χ3v) is 5.77. The Labute approximate surface area is 155 Å². The number of likely N-dealkylation sites (tertiary alicyclic amines) is 1. The Kier molecular flexibility index (Phi) is 4.79. The molecule has 0 radical (unpaired) electrons. The summed E-state index contributed by atoms with van der Waals surface area (Å²) in [4.78, 5) is 14.4. The zero-order valence-electron chi connectivity index (χ0n) is 14.2. The van der Waals surface area contributed by atoms with E-state index in [0.29, 0.717) is 23.7 Å². The minimum Gasteiger partial charge on any atom is -0.345 e. The summed E-state index contributed by atoms with van der Waals surface area (Å²) in [5.74, 6) is -0.0116. The van der Waals surface area contributed by atoms with Crippen LogP contribution in [-0.4, -0.2) is 38.7 Å². The fourth-order valence-corrected chi connectivity index (χ4v) is 4.28. The lowest BCUT2D eigenvalue weighted by molar-refractivity contribution is -0.133. The lowest BCUT2D eigenvalue weighted by Gasteiger charge is -2.31. The molecule has 7 heteroatoms. The first-order valence-electron chi connectivity index (χ1n) is 8.67. The highest BCUT2D eigenvalue weighted by Crippen LogP contribution is 2.33. The van der Waals surface area contributed by atoms with E-state index in [1.165, 1.54) is 17.4 Å². The molecular weight excluding hydrogens is 351 g/mol. The highest BCUT2D eigenvalue weighted by molar-refractivity contribution is 7.14. The number of piperidine rings is 1. The molecule has 0 spiro atoms. The third-order valence-electron chi connectivity index (χ3n) is 4.65. The molecule has 1 aliphatic rings. The van der Waals surface area contributed by atoms with Crippen LogP contribution in [0.5, 0.6) is 0 Å². The Hall–Kier alpha value is -2.54. The number of amides is 1. The van der Waals surface area contributed by atoms with E-state index in [1.807, 2.05) is 34.0 Å². The summed E-state index contributed by atoms with van der Waals surface area (Å²) < 4.78 is 15.8. The van der Waals surface area contributed by atoms with Crippen LogP contribution in [0, 0.1) is 5.82 Å². The van der Waals surface area contributed by atoms with Crippen molar-refractivity contribution < 1.29 is 9.18 Å². The Morgan fingerprint density at radius 1 is 1.19 bits per heavy atom. The van der Waals surface area contributed by atoms with Crippen molar-refractivity contribution in [2.45, 2.75) is 25.3 Å². The van der Waals surface area contributed by atoms with Crippen LogP contribution < -0.4 is 0 Å². The maximum Gasteiger partial charge on any atom is 0.242 e. The van der Waals surface area contributed by atoms with Gasteiger partial charge in [0.2, 0.25) is 5.91 Å². The SMILES string of the molecule is O=C(Cn1cccc1)N1CCC[C@@H](c2nnc(-c3ccccc3F)s2)C1. The van der Waals surface area contributed by atoms with Crippen LogP contribution >= 0.6 is 11.3 Å². The molecule has 1 amide bonds. The second-order valence-electron chi connectivity index (χ2n) is 6.46. The Balaban J connectivity index is 1.46. The average molecular weight is 370 g/mol. The molecule has 0 unspecified atom stereocenters. The van der Waals surface area contributed by atoms with E-state index in [9.17, 15) is 9.18 Å². The van der Waals surface area contributed by atoms with Crippen molar-refractivity contribution >= 4 is 17.2 Å². The van der Waals surface area contributed by atoms with E-state index < -0.39 is 0 Å². The first kappa shape index (κ1) is 16.9. The summed E-state index contributed by atoms with van der Waals surface area (Å²) in [6.07, 6.45) is 5.70. The number of carbonyl (C=O) groups is 1. The van der Waals surface area contributed by atoms with Crippen molar-refractivity contribution in [3.05, 3.63) is 59.6 Å². The van der Waals surface area contributed by atoms with Crippen LogP contribution in [0.15, 0.2) is 48.8 Å². The molecule has 1 fully saturated rings. The second kappa shape index (κ2) is 7.37. The lowest BCUT2D eigenvalue weighted by Crippen LogP contribution is -2.40. The zero-order valence-corrected chi connectivity index (χ0v) is 15.0. The van der Waals surface area contributed by atoms with Crippen LogP contribution in [0.1, 0.15) is 23.8 Å². The molecule has 1 atom stereocenters. The van der Waals surface area contributed by atoms with Gasteiger partial charge in [-0.15, -0.1) is 10.2 Å². The number of nitrogens with zero attached hydrogens (tertiary/aromatic N) is 4. The van der Waals surface area contributed by atoms with Crippen LogP contribution in [-0.2, 0) is 11.3 Å². The molecule has 0 aliphatic carbocycles. The van der Waals surface area contributed by atoms with E-state index in [0.717, 1.165) is 24.4 Å². The van der Waals surface area contributed by atoms with Gasteiger partial charge < -0.3 is 9.47 Å². The molecule has 0 bridgehead atoms. The Morgan fingerprint density at radius 3 is 2.81 bits per heavy atom. The van der Waals surface area contributed by atoms with E-state index in [-0.39, 0.29) is 17.6 Å². The average Bonchev–Trinajstić information content (AvgIpc) is 3.34. The Morgan fingerprint density at radius 2 is 2.00 bits per heavy atom. The molecule has 5 nitrogen and oxygen atoms in total. The molecule has 4 rings (SSSR count). The molecule has 0 saturated carbocycles. The van der Waals surface area contributed by atoms with Gasteiger partial charge in [-0.1, -0.05) is 23.5 Å². The highest BCUT2D eigenvalue weighted by atomic mass is 32.1. The number of hydrogen-bond donors (Lipinski definition) is 0. The number of aromatic nitrogens is 3. The van der Waals surface area contributed by atoms with E-state index in [4.69, 9.17) is 0 Å². The molecular formula is C19H19FN4OS. The third kappa shape index (κ3) is 3.53. The predicted octanol–water partition coefficient (Wildman–Crippen LogP) is 3.55. The van der Waals surface area contributed by atoms with Crippen LogP contribution in [0.25, 0.3) is 10.6 Å². The van der Waals surface area contributed by atoms with Crippen LogP contribution in [0.3, 0.4) is 0 Å². The van der Waals surface area contributed by atoms with Gasteiger partial charge in [0.1, 0.15) is 17.4 Å². The largest absolute Gasteiger partial charge is 0.345 e. The quantitative estimate of drug-likeness (QED) is 0.706. The van der Waals surface area contributed by atoms with Gasteiger partial charge in [0.05, 0.1) is 0 Å². The summed E-state index contributed by atoms with van der Waals surface area (Å²) in [5, 5.41) is 9.93. The molecule has 26 heavy (non-hydrogen) atoms. The molecule has 1 aliphatic heterocycles. The minimum absolute atomic E-state index is 0.116. The summed E-state index contributed by atoms with van der Waals surface area (Å²) >= 11 is 1.42. The van der Waals surface area contributed by atoms with Gasteiger partial charge in [-0.2, -0.15) is 0 Å². The maximum atomic E-state index is 14.0. The fourth-order valence-electron chi connectivity index (χ4n) is 3.28. The van der Waals surface area contributed by atoms with Gasteiger partial charge in [0.25, 0.3) is 0 Å². The summed E-state index contributed by atoms with van der Waals surface area (Å²) in [5.41, 5.74) is 0.479. The van der Waals surface area contributed by atoms with Crippen molar-refractivity contribution in [1.29, 1.82) is 0 Å². The minimum atomic E-state index is -0.289. The number of halogens is 1. The molecule has 3 aromatic rings. The van der Waals surface area contributed by atoms with Crippen molar-refractivity contribution in [2.75, 3.05) is 13.1 Å². The lowest BCUT2D eigenvalue weighted by atomic mass is 9.99. The van der Waals surface area contributed by atoms with Gasteiger partial charge in [-0.25, -0.2) is 4.39 Å². The molecule has 1 saturated heterocycles. The standard InChI is InChI=1S/C19H19FN4OS/c20-16-8-2-1-7-15(16)19-22-21-18(26-19)14-6-5-11-24(12-14)17(25)13-23-9-3-4-10-23/h1-4,7-10,14H,5-6,11-13H2/t14-/m1/s1. The topological polar surface area (TPSA) is 51.0 Å². The molecule has 0 N–H and O–H groups in total. The van der Waals surface area contributed by atoms with Crippen LogP contribution in [0.4, 0.5) is 4.39 Å². The number of carbonyl (C=O) groups excluding carboxylic acids is 1. The predicted molar refractivity (Wildman–Crippen MR) is 98.3 cm³/mol. The smallest absolute Gasteiger partial charge is 0.242 e. The van der Waals surface area contributed by atoms with Gasteiger partial charge in [-0.05, 0) is 37.1 Å². The fraction of sp³-hybridized carbons (Fsp3) is 0.316. The second-order valence-corrected chi connectivity index (χ2v) is 7.47. The first-order chi connectivity index (χ1) is 12.7. The summed E-state index contributed by atoms with van der Waals surface area (Å²) in [7, 11) is 0. The number of benzene rings is 1. The van der Waals surface area contributed by atoms with Gasteiger partial charge >= 0.3 is 0 Å². The van der Waals surface area contributed by atoms with Crippen molar-refractivity contribution in [1.82, 2.24) is 19.7 Å². The Bertz CT molecular complexity index is 893. The molecule has 1 aromatic carbocycles. The molecule has 2 aromatic heterocycles. The first-order valence-corrected chi connectivity index (χ1v) is 9.49. The monoisotopic (exact) mass is 370 g/mol. The zero-order chi connectivity index (χ0) is 17.9. The highest BCUT2D eigenvalue weighted by Gasteiger charge is 2.27. The van der Waals surface area contributed by atoms with Crippen molar-refractivity contribution in [2.24, 2.45) is 0 Å². The van der Waals surface area contributed by atoms with E-state index in [1.54, 1.807) is 18.2 Å². The van der Waals surface area contributed by atoms with E-state index in [2.05, 4.69) is 10.2 Å². The van der Waals surface area contributed by atoms with E-state index >= 15 is 0 Å². The maximum absolute atomic E-state index is 14.0. The molecule has 3 heterocycles. The van der Waals surface area contributed by atoms with Crippen molar-refractivity contribution in [3.63, 3.8) is 0 Å². The normalized spacial score (nSPS) is 17.4. The van der Waals surface area contributed by atoms with Gasteiger partial charge in [-0.3, -0.25) is 4.79 Å². The van der Waals surface area contributed by atoms with Crippen LogP contribution in [0.2, 0.25) is 0 Å². The van der Waals surface area contributed by atoms with Gasteiger partial charge in [0.15, 0.2) is 5.01 Å². The molecule has 134 valence electrons. The van der Waals surface area contributed by atoms with Crippen molar-refractivity contribution in [3.8, 4) is 10.6 Å². The van der Waals surface area contributed by atoms with Gasteiger partial charge in [0, 0.05) is 37.0 Å².